The maximum atomic E-state index is 12.7. The summed E-state index contributed by atoms with van der Waals surface area (Å²) in [5, 5.41) is 4.73. The number of amides is 1. The van der Waals surface area contributed by atoms with Gasteiger partial charge in [0.05, 0.1) is 17.7 Å². The maximum absolute atomic E-state index is 12.7. The highest BCUT2D eigenvalue weighted by Gasteiger charge is 2.36. The molecule has 0 aliphatic rings. The normalized spacial score (nSPS) is 11.9. The number of para-hydroxylation sites is 1. The lowest BCUT2D eigenvalue weighted by atomic mass is 10.1. The third-order valence-electron chi connectivity index (χ3n) is 3.10. The Labute approximate surface area is 138 Å². The summed E-state index contributed by atoms with van der Waals surface area (Å²) < 4.78 is 76.5. The van der Waals surface area contributed by atoms with Gasteiger partial charge in [0.1, 0.15) is 0 Å². The Balaban J connectivity index is 2.14. The van der Waals surface area contributed by atoms with Crippen LogP contribution in [-0.2, 0) is 17.1 Å². The summed E-state index contributed by atoms with van der Waals surface area (Å²) in [6.45, 7) is -0.493. The van der Waals surface area contributed by atoms with Crippen molar-refractivity contribution in [1.82, 2.24) is 0 Å². The topological polar surface area (TPSA) is 41.1 Å². The van der Waals surface area contributed by atoms with Crippen molar-refractivity contribution in [2.45, 2.75) is 12.4 Å². The highest BCUT2D eigenvalue weighted by atomic mass is 19.4. The molecule has 25 heavy (non-hydrogen) atoms. The van der Waals surface area contributed by atoms with Crippen LogP contribution in [0.15, 0.2) is 48.5 Å². The average Bonchev–Trinajstić information content (AvgIpc) is 2.52. The fraction of sp³-hybridized carbons (Fsp3) is 0.188. The van der Waals surface area contributed by atoms with Crippen molar-refractivity contribution >= 4 is 17.3 Å². The molecular formula is C16H12F6N2O. The number of anilines is 2. The lowest BCUT2D eigenvalue weighted by Crippen LogP contribution is -2.22. The quantitative estimate of drug-likeness (QED) is 0.769. The van der Waals surface area contributed by atoms with E-state index < -0.39 is 41.6 Å². The first-order valence-corrected chi connectivity index (χ1v) is 6.94. The first-order valence-electron chi connectivity index (χ1n) is 6.94. The molecule has 2 aromatic carbocycles. The number of benzene rings is 2. The van der Waals surface area contributed by atoms with Gasteiger partial charge < -0.3 is 10.6 Å². The van der Waals surface area contributed by atoms with Gasteiger partial charge in [-0.3, -0.25) is 4.79 Å². The largest absolute Gasteiger partial charge is 0.416 e. The molecule has 0 radical (unpaired) electrons. The van der Waals surface area contributed by atoms with Crippen molar-refractivity contribution in [2.75, 3.05) is 17.2 Å². The Morgan fingerprint density at radius 1 is 0.800 bits per heavy atom. The second-order valence-corrected chi connectivity index (χ2v) is 5.06. The predicted octanol–water partition coefficient (Wildman–Crippen LogP) is 4.77. The SMILES string of the molecule is O=C(CNc1cc(C(F)(F)F)cc(C(F)(F)F)c1)Nc1ccccc1. The lowest BCUT2D eigenvalue weighted by molar-refractivity contribution is -0.143. The molecule has 0 atom stereocenters. The Hall–Kier alpha value is -2.71. The minimum absolute atomic E-state index is 0.0230. The lowest BCUT2D eigenvalue weighted by Gasteiger charge is -2.15. The summed E-state index contributed by atoms with van der Waals surface area (Å²) in [4.78, 5) is 11.7. The summed E-state index contributed by atoms with van der Waals surface area (Å²) in [6, 6.07) is 9.27. The minimum Gasteiger partial charge on any atom is -0.376 e. The molecule has 2 aromatic rings. The molecule has 3 nitrogen and oxygen atoms in total. The standard InChI is InChI=1S/C16H12F6N2O/c17-15(18,19)10-6-11(16(20,21)22)8-13(7-10)23-9-14(25)24-12-4-2-1-3-5-12/h1-8,23H,9H2,(H,24,25). The van der Waals surface area contributed by atoms with Crippen molar-refractivity contribution < 1.29 is 31.1 Å². The number of carbonyl (C=O) groups excluding carboxylic acids is 1. The highest BCUT2D eigenvalue weighted by molar-refractivity contribution is 5.93. The Bertz CT molecular complexity index is 708. The molecule has 0 spiro atoms. The van der Waals surface area contributed by atoms with E-state index >= 15 is 0 Å². The van der Waals surface area contributed by atoms with Crippen LogP contribution in [0.1, 0.15) is 11.1 Å². The number of hydrogen-bond acceptors (Lipinski definition) is 2. The molecule has 0 aliphatic carbocycles. The van der Waals surface area contributed by atoms with Crippen LogP contribution in [-0.4, -0.2) is 12.5 Å². The number of nitrogens with one attached hydrogen (secondary N) is 2. The summed E-state index contributed by atoms with van der Waals surface area (Å²) in [7, 11) is 0. The summed E-state index contributed by atoms with van der Waals surface area (Å²) >= 11 is 0. The van der Waals surface area contributed by atoms with Gasteiger partial charge in [-0.25, -0.2) is 0 Å². The fourth-order valence-electron chi connectivity index (χ4n) is 1.97. The second kappa shape index (κ2) is 7.04. The third-order valence-corrected chi connectivity index (χ3v) is 3.10. The number of alkyl halides is 6. The van der Waals surface area contributed by atoms with Crippen LogP contribution in [0, 0.1) is 0 Å². The van der Waals surface area contributed by atoms with Crippen molar-refractivity contribution in [1.29, 1.82) is 0 Å². The third kappa shape index (κ3) is 5.40. The smallest absolute Gasteiger partial charge is 0.376 e. The van der Waals surface area contributed by atoms with Crippen molar-refractivity contribution in [3.63, 3.8) is 0 Å². The number of rotatable bonds is 4. The van der Waals surface area contributed by atoms with Crippen molar-refractivity contribution in [3.8, 4) is 0 Å². The Morgan fingerprint density at radius 2 is 1.32 bits per heavy atom. The van der Waals surface area contributed by atoms with Crippen LogP contribution < -0.4 is 10.6 Å². The summed E-state index contributed by atoms with van der Waals surface area (Å²) in [5.74, 6) is -0.614. The van der Waals surface area contributed by atoms with Gasteiger partial charge in [-0.05, 0) is 30.3 Å². The first kappa shape index (κ1) is 18.6. The van der Waals surface area contributed by atoms with Crippen molar-refractivity contribution in [3.05, 3.63) is 59.7 Å². The van der Waals surface area contributed by atoms with E-state index in [1.807, 2.05) is 0 Å². The molecule has 0 aromatic heterocycles. The molecule has 2 N–H and O–H groups in total. The van der Waals surface area contributed by atoms with E-state index in [0.717, 1.165) is 0 Å². The van der Waals surface area contributed by atoms with Gasteiger partial charge >= 0.3 is 12.4 Å². The number of halogens is 6. The molecule has 0 aliphatic heterocycles. The first-order chi connectivity index (χ1) is 11.6. The average molecular weight is 362 g/mol. The molecule has 0 heterocycles. The van der Waals surface area contributed by atoms with Crippen LogP contribution in [0.3, 0.4) is 0 Å². The maximum Gasteiger partial charge on any atom is 0.416 e. The van der Waals surface area contributed by atoms with Crippen LogP contribution in [0.5, 0.6) is 0 Å². The van der Waals surface area contributed by atoms with E-state index in [4.69, 9.17) is 0 Å². The van der Waals surface area contributed by atoms with Gasteiger partial charge in [0, 0.05) is 11.4 Å². The van der Waals surface area contributed by atoms with Crippen LogP contribution >= 0.6 is 0 Å². The molecule has 134 valence electrons. The van der Waals surface area contributed by atoms with E-state index in [9.17, 15) is 31.1 Å². The van der Waals surface area contributed by atoms with Crippen LogP contribution in [0.2, 0.25) is 0 Å². The molecule has 0 saturated heterocycles. The Kier molecular flexibility index (Phi) is 5.24. The number of hydrogen-bond donors (Lipinski definition) is 2. The summed E-state index contributed by atoms with van der Waals surface area (Å²) in [5.41, 5.74) is -2.90. The van der Waals surface area contributed by atoms with Gasteiger partial charge in [-0.15, -0.1) is 0 Å². The highest BCUT2D eigenvalue weighted by Crippen LogP contribution is 2.37. The van der Waals surface area contributed by atoms with Gasteiger partial charge in [0.2, 0.25) is 5.91 Å². The summed E-state index contributed by atoms with van der Waals surface area (Å²) in [6.07, 6.45) is -9.88. The zero-order chi connectivity index (χ0) is 18.7. The predicted molar refractivity (Wildman–Crippen MR) is 80.0 cm³/mol. The van der Waals surface area contributed by atoms with Gasteiger partial charge in [0.25, 0.3) is 0 Å². The van der Waals surface area contributed by atoms with Crippen molar-refractivity contribution in [2.24, 2.45) is 0 Å². The van der Waals surface area contributed by atoms with Gasteiger partial charge in [-0.2, -0.15) is 26.3 Å². The number of carbonyl (C=O) groups is 1. The molecule has 0 unspecified atom stereocenters. The van der Waals surface area contributed by atoms with E-state index in [-0.39, 0.29) is 6.07 Å². The molecule has 0 fully saturated rings. The second-order valence-electron chi connectivity index (χ2n) is 5.06. The zero-order valence-electron chi connectivity index (χ0n) is 12.5. The molecule has 1 amide bonds. The molecule has 0 saturated carbocycles. The van der Waals surface area contributed by atoms with Crippen LogP contribution in [0.4, 0.5) is 37.7 Å². The Morgan fingerprint density at radius 3 is 1.80 bits per heavy atom. The van der Waals surface area contributed by atoms with E-state index in [2.05, 4.69) is 10.6 Å². The van der Waals surface area contributed by atoms with Gasteiger partial charge in [-0.1, -0.05) is 18.2 Å². The molecule has 9 heteroatoms. The van der Waals surface area contributed by atoms with E-state index in [1.54, 1.807) is 30.3 Å². The molecular weight excluding hydrogens is 350 g/mol. The fourth-order valence-corrected chi connectivity index (χ4v) is 1.97. The minimum atomic E-state index is -4.94. The molecule has 0 bridgehead atoms. The van der Waals surface area contributed by atoms with Gasteiger partial charge in [0.15, 0.2) is 0 Å². The molecule has 2 rings (SSSR count). The van der Waals surface area contributed by atoms with E-state index in [0.29, 0.717) is 17.8 Å². The monoisotopic (exact) mass is 362 g/mol. The zero-order valence-corrected chi connectivity index (χ0v) is 12.5. The van der Waals surface area contributed by atoms with E-state index in [1.165, 1.54) is 0 Å². The van der Waals surface area contributed by atoms with Crippen LogP contribution in [0.25, 0.3) is 0 Å².